The molecule has 1 aliphatic rings. The Kier molecular flexibility index (Phi) is 5.95. The van der Waals surface area contributed by atoms with Gasteiger partial charge in [-0.3, -0.25) is 9.78 Å². The standard InChI is InChI=1S/C24H21N3O6/c1-3-32-15-11-9-14(10-12-15)27-22(29)18(21(28)26-24(27)31)13-17-16-7-5-6-8-19(16)25-20(17)23(30)33-4-2/h5-13,29H,3-4H2,1-2H3,(H,26,28,31)/b17-13+. The first-order chi connectivity index (χ1) is 15.9. The van der Waals surface area contributed by atoms with Crippen LogP contribution in [0.1, 0.15) is 25.0 Å². The molecule has 2 N–H and O–H groups in total. The zero-order valence-corrected chi connectivity index (χ0v) is 18.0. The second-order valence-electron chi connectivity index (χ2n) is 7.01. The lowest BCUT2D eigenvalue weighted by atomic mass is 10.0. The average Bonchev–Trinajstić information content (AvgIpc) is 3.16. The van der Waals surface area contributed by atoms with Crippen LogP contribution in [-0.2, 0) is 9.53 Å². The highest BCUT2D eigenvalue weighted by molar-refractivity contribution is 6.58. The molecule has 9 heteroatoms. The largest absolute Gasteiger partial charge is 0.494 e. The number of nitrogens with one attached hydrogen (secondary N) is 1. The van der Waals surface area contributed by atoms with Crippen molar-refractivity contribution >= 4 is 29.0 Å². The van der Waals surface area contributed by atoms with Crippen LogP contribution in [0.25, 0.3) is 17.3 Å². The minimum Gasteiger partial charge on any atom is -0.494 e. The topological polar surface area (TPSA) is 123 Å². The Morgan fingerprint density at radius 3 is 2.52 bits per heavy atom. The van der Waals surface area contributed by atoms with Crippen LogP contribution in [0.2, 0.25) is 0 Å². The first-order valence-corrected chi connectivity index (χ1v) is 10.3. The molecule has 9 nitrogen and oxygen atoms in total. The fraction of sp³-hybridized carbons (Fsp3) is 0.167. The Hall–Kier alpha value is -4.40. The van der Waals surface area contributed by atoms with E-state index >= 15 is 0 Å². The molecule has 33 heavy (non-hydrogen) atoms. The molecule has 1 aromatic heterocycles. The summed E-state index contributed by atoms with van der Waals surface area (Å²) in [5, 5.41) is 10.9. The van der Waals surface area contributed by atoms with Crippen LogP contribution in [-0.4, -0.2) is 39.6 Å². The zero-order chi connectivity index (χ0) is 23.5. The SMILES string of the molecule is CCOC(=O)C1=Nc2ccccc2/C1=C\c1c(O)n(-c2ccc(OCC)cc2)c(=O)[nH]c1=O. The molecule has 2 aromatic carbocycles. The molecule has 4 rings (SSSR count). The van der Waals surface area contributed by atoms with Crippen molar-refractivity contribution < 1.29 is 19.4 Å². The summed E-state index contributed by atoms with van der Waals surface area (Å²) in [5.74, 6) is -0.637. The molecular formula is C24H21N3O6. The van der Waals surface area contributed by atoms with Gasteiger partial charge in [-0.05, 0) is 50.3 Å². The van der Waals surface area contributed by atoms with Gasteiger partial charge in [0.05, 0.1) is 24.6 Å². The normalized spacial score (nSPS) is 13.5. The number of hydrogen-bond acceptors (Lipinski definition) is 7. The molecule has 0 radical (unpaired) electrons. The highest BCUT2D eigenvalue weighted by atomic mass is 16.5. The smallest absolute Gasteiger partial charge is 0.357 e. The fourth-order valence-corrected chi connectivity index (χ4v) is 3.52. The van der Waals surface area contributed by atoms with Gasteiger partial charge in [-0.2, -0.15) is 0 Å². The van der Waals surface area contributed by atoms with E-state index in [0.29, 0.717) is 34.9 Å². The van der Waals surface area contributed by atoms with Crippen LogP contribution in [0.4, 0.5) is 5.69 Å². The molecule has 3 aromatic rings. The predicted octanol–water partition coefficient (Wildman–Crippen LogP) is 2.82. The molecule has 0 unspecified atom stereocenters. The molecule has 1 aliphatic heterocycles. The van der Waals surface area contributed by atoms with Gasteiger partial charge in [0.15, 0.2) is 5.71 Å². The fourth-order valence-electron chi connectivity index (χ4n) is 3.52. The van der Waals surface area contributed by atoms with E-state index in [-0.39, 0.29) is 17.9 Å². The minimum atomic E-state index is -0.810. The second-order valence-corrected chi connectivity index (χ2v) is 7.01. The second kappa shape index (κ2) is 8.99. The number of aromatic hydroxyl groups is 1. The number of esters is 1. The summed E-state index contributed by atoms with van der Waals surface area (Å²) in [6.45, 7) is 4.15. The molecule has 0 aliphatic carbocycles. The van der Waals surface area contributed by atoms with Gasteiger partial charge < -0.3 is 14.6 Å². The number of benzene rings is 2. The Bertz CT molecular complexity index is 1400. The quantitative estimate of drug-likeness (QED) is 0.560. The number of fused-ring (bicyclic) bond motifs is 1. The van der Waals surface area contributed by atoms with Crippen molar-refractivity contribution in [2.45, 2.75) is 13.8 Å². The molecule has 168 valence electrons. The number of hydrogen-bond donors (Lipinski definition) is 2. The summed E-state index contributed by atoms with van der Waals surface area (Å²) in [4.78, 5) is 44.2. The lowest BCUT2D eigenvalue weighted by molar-refractivity contribution is -0.134. The molecule has 2 heterocycles. The summed E-state index contributed by atoms with van der Waals surface area (Å²) in [6, 6.07) is 13.4. The van der Waals surface area contributed by atoms with Crippen LogP contribution >= 0.6 is 0 Å². The van der Waals surface area contributed by atoms with Crippen molar-refractivity contribution in [3.05, 3.63) is 80.5 Å². The zero-order valence-electron chi connectivity index (χ0n) is 18.0. The van der Waals surface area contributed by atoms with Crippen molar-refractivity contribution in [2.24, 2.45) is 4.99 Å². The molecule has 0 spiro atoms. The highest BCUT2D eigenvalue weighted by Gasteiger charge is 2.28. The van der Waals surface area contributed by atoms with Gasteiger partial charge in [0.1, 0.15) is 11.3 Å². The summed E-state index contributed by atoms with van der Waals surface area (Å²) < 4.78 is 11.5. The van der Waals surface area contributed by atoms with Gasteiger partial charge in [0.2, 0.25) is 5.88 Å². The molecule has 0 saturated carbocycles. The Balaban J connectivity index is 1.88. The van der Waals surface area contributed by atoms with Gasteiger partial charge in [0, 0.05) is 11.1 Å². The van der Waals surface area contributed by atoms with E-state index in [1.165, 1.54) is 6.08 Å². The third kappa shape index (κ3) is 4.08. The van der Waals surface area contributed by atoms with Gasteiger partial charge >= 0.3 is 11.7 Å². The van der Waals surface area contributed by atoms with Crippen molar-refractivity contribution in [1.29, 1.82) is 0 Å². The van der Waals surface area contributed by atoms with E-state index in [2.05, 4.69) is 9.98 Å². The lowest BCUT2D eigenvalue weighted by Gasteiger charge is -2.12. The number of H-pyrrole nitrogens is 1. The molecular weight excluding hydrogens is 426 g/mol. The van der Waals surface area contributed by atoms with Crippen molar-refractivity contribution in [3.8, 4) is 17.3 Å². The summed E-state index contributed by atoms with van der Waals surface area (Å²) in [6.07, 6.45) is 1.33. The number of aromatic nitrogens is 2. The highest BCUT2D eigenvalue weighted by Crippen LogP contribution is 2.36. The van der Waals surface area contributed by atoms with Crippen LogP contribution in [0.15, 0.2) is 63.1 Å². The molecule has 0 fully saturated rings. The number of aromatic amines is 1. The maximum absolute atomic E-state index is 12.6. The summed E-state index contributed by atoms with van der Waals surface area (Å²) in [7, 11) is 0. The van der Waals surface area contributed by atoms with Gasteiger partial charge in [-0.1, -0.05) is 18.2 Å². The van der Waals surface area contributed by atoms with Crippen LogP contribution in [0.3, 0.4) is 0 Å². The van der Waals surface area contributed by atoms with E-state index in [4.69, 9.17) is 9.47 Å². The van der Waals surface area contributed by atoms with Crippen molar-refractivity contribution in [1.82, 2.24) is 9.55 Å². The van der Waals surface area contributed by atoms with E-state index in [1.807, 2.05) is 6.92 Å². The number of nitrogens with zero attached hydrogens (tertiary/aromatic N) is 2. The number of carbonyl (C=O) groups is 1. The van der Waals surface area contributed by atoms with Crippen LogP contribution < -0.4 is 16.0 Å². The Morgan fingerprint density at radius 1 is 1.09 bits per heavy atom. The van der Waals surface area contributed by atoms with Gasteiger partial charge in [-0.25, -0.2) is 19.1 Å². The van der Waals surface area contributed by atoms with E-state index in [1.54, 1.807) is 55.5 Å². The van der Waals surface area contributed by atoms with Crippen LogP contribution in [0.5, 0.6) is 11.6 Å². The minimum absolute atomic E-state index is 0.00988. The number of rotatable bonds is 6. The van der Waals surface area contributed by atoms with E-state index < -0.39 is 23.1 Å². The number of ether oxygens (including phenoxy) is 2. The third-order valence-electron chi connectivity index (χ3n) is 4.97. The molecule has 0 atom stereocenters. The Morgan fingerprint density at radius 2 is 1.82 bits per heavy atom. The Labute approximate surface area is 188 Å². The van der Waals surface area contributed by atoms with E-state index in [9.17, 15) is 19.5 Å². The molecule has 0 saturated heterocycles. The summed E-state index contributed by atoms with van der Waals surface area (Å²) >= 11 is 0. The number of para-hydroxylation sites is 1. The van der Waals surface area contributed by atoms with E-state index in [0.717, 1.165) is 4.57 Å². The van der Waals surface area contributed by atoms with Gasteiger partial charge in [-0.15, -0.1) is 0 Å². The number of aliphatic imine (C=N–C) groups is 1. The molecule has 0 amide bonds. The monoisotopic (exact) mass is 447 g/mol. The first kappa shape index (κ1) is 21.8. The number of carbonyl (C=O) groups excluding carboxylic acids is 1. The lowest BCUT2D eigenvalue weighted by Crippen LogP contribution is -2.30. The first-order valence-electron chi connectivity index (χ1n) is 10.3. The maximum atomic E-state index is 12.6. The van der Waals surface area contributed by atoms with Crippen molar-refractivity contribution in [3.63, 3.8) is 0 Å². The average molecular weight is 447 g/mol. The predicted molar refractivity (Wildman–Crippen MR) is 124 cm³/mol. The molecule has 0 bridgehead atoms. The van der Waals surface area contributed by atoms with Crippen LogP contribution in [0, 0.1) is 0 Å². The summed E-state index contributed by atoms with van der Waals surface area (Å²) in [5.41, 5.74) is -0.0528. The third-order valence-corrected chi connectivity index (χ3v) is 4.97. The van der Waals surface area contributed by atoms with Crippen molar-refractivity contribution in [2.75, 3.05) is 13.2 Å². The maximum Gasteiger partial charge on any atom is 0.357 e. The van der Waals surface area contributed by atoms with Gasteiger partial charge in [0.25, 0.3) is 5.56 Å².